The van der Waals surface area contributed by atoms with E-state index in [0.717, 1.165) is 50.0 Å². The van der Waals surface area contributed by atoms with Crippen molar-refractivity contribution in [1.29, 1.82) is 5.26 Å². The molecule has 1 aliphatic heterocycles. The molecule has 38 heavy (non-hydrogen) atoms. The summed E-state index contributed by atoms with van der Waals surface area (Å²) in [5.41, 5.74) is 5.65. The molecule has 1 aromatic carbocycles. The van der Waals surface area contributed by atoms with Gasteiger partial charge in [0.15, 0.2) is 0 Å². The van der Waals surface area contributed by atoms with Crippen LogP contribution in [0.15, 0.2) is 52.7 Å². The standard InChI is InChI=1S/C31H36N4O2S/c1-6-10-22(17-34-30(36)23-11-12-24-19-37-20-25(16-32)26(24)15-23)14-28-29(9-4)38-31(35-28)27(21(5)8-3)18-33-13-7-2/h7,9-15,18,25H,6,8,17,19-20H2,1-5H3,(H,34,36)/b13-7?,22-10-,27-21?,28-14+,29-9+,33-18?. The monoisotopic (exact) mass is 528 g/mol. The predicted molar refractivity (Wildman–Crippen MR) is 157 cm³/mol. The van der Waals surface area contributed by atoms with Crippen LogP contribution in [0.5, 0.6) is 0 Å². The van der Waals surface area contributed by atoms with E-state index < -0.39 is 0 Å². The molecule has 0 radical (unpaired) electrons. The molecule has 1 unspecified atom stereocenters. The smallest absolute Gasteiger partial charge is 0.251 e. The number of carbonyl (C=O) groups excluding carboxylic acids is 1. The molecule has 0 bridgehead atoms. The summed E-state index contributed by atoms with van der Waals surface area (Å²) in [4.78, 5) is 22.4. The van der Waals surface area contributed by atoms with Gasteiger partial charge in [-0.05, 0) is 68.5 Å². The quantitative estimate of drug-likeness (QED) is 0.441. The second-order valence-electron chi connectivity index (χ2n) is 8.99. The number of nitriles is 1. The van der Waals surface area contributed by atoms with E-state index in [1.54, 1.807) is 23.6 Å². The van der Waals surface area contributed by atoms with E-state index in [1.165, 1.54) is 5.57 Å². The van der Waals surface area contributed by atoms with Gasteiger partial charge < -0.3 is 10.1 Å². The molecule has 0 saturated carbocycles. The predicted octanol–water partition coefficient (Wildman–Crippen LogP) is 5.42. The summed E-state index contributed by atoms with van der Waals surface area (Å²) in [5.74, 6) is -0.520. The van der Waals surface area contributed by atoms with Gasteiger partial charge in [-0.15, -0.1) is 11.3 Å². The minimum atomic E-state index is -0.351. The van der Waals surface area contributed by atoms with Gasteiger partial charge in [-0.25, -0.2) is 4.98 Å². The summed E-state index contributed by atoms with van der Waals surface area (Å²) in [6, 6.07) is 7.77. The number of fused-ring (bicyclic) bond motifs is 1. The van der Waals surface area contributed by atoms with Crippen LogP contribution in [0.4, 0.5) is 0 Å². The number of hydrogen-bond donors (Lipinski definition) is 1. The lowest BCUT2D eigenvalue weighted by molar-refractivity contribution is 0.0952. The van der Waals surface area contributed by atoms with Crippen molar-refractivity contribution in [3.05, 3.63) is 79.3 Å². The number of benzene rings is 1. The Morgan fingerprint density at radius 2 is 2.16 bits per heavy atom. The van der Waals surface area contributed by atoms with Crippen molar-refractivity contribution in [2.45, 2.75) is 60.0 Å². The van der Waals surface area contributed by atoms with Crippen LogP contribution < -0.4 is 15.2 Å². The van der Waals surface area contributed by atoms with Crippen molar-refractivity contribution in [2.24, 2.45) is 4.99 Å². The number of thiazole rings is 1. The van der Waals surface area contributed by atoms with Gasteiger partial charge in [-0.2, -0.15) is 5.26 Å². The average molecular weight is 529 g/mol. The first-order valence-electron chi connectivity index (χ1n) is 13.0. The molecule has 1 aromatic heterocycles. The van der Waals surface area contributed by atoms with Crippen molar-refractivity contribution < 1.29 is 9.53 Å². The molecule has 2 aromatic rings. The SMILES string of the molecule is CC=CN=CC(=C(C)CC)c1nc(=C/C(=C/CC)CNC(=O)c2ccc3c(c2)C(C#N)COC3)/c(=C\C)s1. The number of allylic oxidation sites excluding steroid dienone is 4. The number of nitrogens with one attached hydrogen (secondary N) is 1. The number of amides is 1. The zero-order valence-corrected chi connectivity index (χ0v) is 23.7. The molecule has 1 aliphatic rings. The second-order valence-corrected chi connectivity index (χ2v) is 10.0. The lowest BCUT2D eigenvalue weighted by Crippen LogP contribution is -2.28. The largest absolute Gasteiger partial charge is 0.375 e. The van der Waals surface area contributed by atoms with Gasteiger partial charge in [0.2, 0.25) is 0 Å². The summed E-state index contributed by atoms with van der Waals surface area (Å²) in [6.45, 7) is 11.5. The Labute approximate surface area is 229 Å². The lowest BCUT2D eigenvalue weighted by Gasteiger charge is -2.21. The van der Waals surface area contributed by atoms with Gasteiger partial charge in [0.1, 0.15) is 5.01 Å². The third-order valence-electron chi connectivity index (χ3n) is 6.33. The average Bonchev–Trinajstić information content (AvgIpc) is 3.35. The van der Waals surface area contributed by atoms with E-state index in [1.807, 2.05) is 38.3 Å². The maximum Gasteiger partial charge on any atom is 0.251 e. The van der Waals surface area contributed by atoms with Crippen LogP contribution in [0.2, 0.25) is 0 Å². The molecule has 0 saturated heterocycles. The first-order valence-corrected chi connectivity index (χ1v) is 13.8. The summed E-state index contributed by atoms with van der Waals surface area (Å²) in [7, 11) is 0. The minimum absolute atomic E-state index is 0.170. The number of aromatic nitrogens is 1. The maximum absolute atomic E-state index is 13.0. The van der Waals surface area contributed by atoms with Crippen LogP contribution in [-0.2, 0) is 11.3 Å². The van der Waals surface area contributed by atoms with Gasteiger partial charge in [-0.1, -0.05) is 43.7 Å². The highest BCUT2D eigenvalue weighted by atomic mass is 32.1. The van der Waals surface area contributed by atoms with Crippen LogP contribution in [0.3, 0.4) is 0 Å². The molecule has 198 valence electrons. The summed E-state index contributed by atoms with van der Waals surface area (Å²) < 4.78 is 6.56. The lowest BCUT2D eigenvalue weighted by atomic mass is 9.92. The van der Waals surface area contributed by atoms with E-state index in [9.17, 15) is 10.1 Å². The Kier molecular flexibility index (Phi) is 11.0. The number of carbonyl (C=O) groups is 1. The fourth-order valence-corrected chi connectivity index (χ4v) is 5.11. The van der Waals surface area contributed by atoms with Gasteiger partial charge in [0, 0.05) is 30.1 Å². The van der Waals surface area contributed by atoms with Crippen molar-refractivity contribution in [3.63, 3.8) is 0 Å². The molecule has 0 spiro atoms. The molecule has 6 nitrogen and oxygen atoms in total. The van der Waals surface area contributed by atoms with Crippen LogP contribution in [0, 0.1) is 11.3 Å². The molecule has 0 aliphatic carbocycles. The van der Waals surface area contributed by atoms with Gasteiger partial charge in [0.05, 0.1) is 35.1 Å². The van der Waals surface area contributed by atoms with E-state index in [-0.39, 0.29) is 11.8 Å². The van der Waals surface area contributed by atoms with E-state index >= 15 is 0 Å². The Bertz CT molecular complexity index is 1440. The maximum atomic E-state index is 13.0. The van der Waals surface area contributed by atoms with Gasteiger partial charge in [-0.3, -0.25) is 9.79 Å². The fraction of sp³-hybridized carbons (Fsp3) is 0.355. The highest BCUT2D eigenvalue weighted by molar-refractivity contribution is 7.11. The Balaban J connectivity index is 1.87. The van der Waals surface area contributed by atoms with Crippen LogP contribution >= 0.6 is 11.3 Å². The Morgan fingerprint density at radius 3 is 2.84 bits per heavy atom. The second kappa shape index (κ2) is 14.4. The first kappa shape index (κ1) is 29.0. The topological polar surface area (TPSA) is 87.4 Å². The normalized spacial score (nSPS) is 17.6. The Hall–Kier alpha value is -3.60. The third kappa shape index (κ3) is 7.25. The summed E-state index contributed by atoms with van der Waals surface area (Å²) >= 11 is 1.64. The van der Waals surface area contributed by atoms with Gasteiger partial charge >= 0.3 is 0 Å². The van der Waals surface area contributed by atoms with Crippen LogP contribution in [-0.4, -0.2) is 30.3 Å². The highest BCUT2D eigenvalue weighted by Gasteiger charge is 2.22. The summed E-state index contributed by atoms with van der Waals surface area (Å²) in [5, 5.41) is 14.3. The van der Waals surface area contributed by atoms with Gasteiger partial charge in [0.25, 0.3) is 5.91 Å². The molecular weight excluding hydrogens is 492 g/mol. The molecule has 1 amide bonds. The van der Waals surface area contributed by atoms with E-state index in [0.29, 0.717) is 25.3 Å². The number of nitrogens with zero attached hydrogens (tertiary/aromatic N) is 3. The molecule has 0 fully saturated rings. The Morgan fingerprint density at radius 1 is 1.34 bits per heavy atom. The molecule has 3 rings (SSSR count). The molecule has 1 atom stereocenters. The zero-order valence-electron chi connectivity index (χ0n) is 22.9. The van der Waals surface area contributed by atoms with Crippen molar-refractivity contribution >= 4 is 41.2 Å². The van der Waals surface area contributed by atoms with Crippen LogP contribution in [0.1, 0.15) is 79.9 Å². The van der Waals surface area contributed by atoms with Crippen LogP contribution in [0.25, 0.3) is 17.7 Å². The third-order valence-corrected chi connectivity index (χ3v) is 7.49. The number of hydrogen-bond acceptors (Lipinski definition) is 6. The minimum Gasteiger partial charge on any atom is -0.375 e. The first-order chi connectivity index (χ1) is 18.4. The zero-order chi connectivity index (χ0) is 27.5. The molecule has 7 heteroatoms. The number of ether oxygens (including phenoxy) is 1. The van der Waals surface area contributed by atoms with E-state index in [4.69, 9.17) is 9.72 Å². The summed E-state index contributed by atoms with van der Waals surface area (Å²) in [6.07, 6.45) is 13.5. The highest BCUT2D eigenvalue weighted by Crippen LogP contribution is 2.27. The van der Waals surface area contributed by atoms with Crippen molar-refractivity contribution in [3.8, 4) is 6.07 Å². The van der Waals surface area contributed by atoms with Crippen molar-refractivity contribution in [2.75, 3.05) is 13.2 Å². The number of rotatable bonds is 9. The molecule has 2 heterocycles. The molecule has 1 N–H and O–H groups in total. The number of aliphatic imine (C=N–C) groups is 1. The fourth-order valence-electron chi connectivity index (χ4n) is 4.09. The van der Waals surface area contributed by atoms with Crippen molar-refractivity contribution in [1.82, 2.24) is 10.3 Å². The molecular formula is C31H36N4O2S. The van der Waals surface area contributed by atoms with E-state index in [2.05, 4.69) is 55.4 Å².